The molecule has 0 atom stereocenters. The lowest BCUT2D eigenvalue weighted by molar-refractivity contribution is 0.215. The second-order valence-electron chi connectivity index (χ2n) is 5.92. The van der Waals surface area contributed by atoms with E-state index in [9.17, 15) is 4.39 Å². The highest BCUT2D eigenvalue weighted by atomic mass is 19.1. The van der Waals surface area contributed by atoms with Crippen LogP contribution in [0.3, 0.4) is 0 Å². The van der Waals surface area contributed by atoms with Crippen LogP contribution in [0.4, 0.5) is 4.39 Å². The molecule has 1 fully saturated rings. The third-order valence-electron chi connectivity index (χ3n) is 3.66. The minimum atomic E-state index is -1.18. The summed E-state index contributed by atoms with van der Waals surface area (Å²) in [6.45, 7) is 3.25. The molecule has 1 nitrogen and oxygen atoms in total. The molecule has 2 rings (SSSR count). The van der Waals surface area contributed by atoms with E-state index in [0.29, 0.717) is 6.42 Å². The molecule has 17 heavy (non-hydrogen) atoms. The fraction of sp³-hybridized carbons (Fsp3) is 0.600. The maximum Gasteiger partial charge on any atom is 0.109 e. The van der Waals surface area contributed by atoms with Crippen LogP contribution in [0.2, 0.25) is 0 Å². The molecule has 0 radical (unpaired) electrons. The van der Waals surface area contributed by atoms with Crippen LogP contribution < -0.4 is 5.73 Å². The molecule has 2 N–H and O–H groups in total. The first-order chi connectivity index (χ1) is 7.91. The van der Waals surface area contributed by atoms with Crippen molar-refractivity contribution >= 4 is 0 Å². The highest BCUT2D eigenvalue weighted by Crippen LogP contribution is 2.38. The van der Waals surface area contributed by atoms with E-state index >= 15 is 0 Å². The molecular weight excluding hydrogens is 213 g/mol. The maximum atomic E-state index is 13.8. The Labute approximate surface area is 103 Å². The van der Waals surface area contributed by atoms with Gasteiger partial charge in [0.05, 0.1) is 0 Å². The minimum absolute atomic E-state index is 0.220. The molecule has 1 aromatic carbocycles. The molecule has 0 unspecified atom stereocenters. The van der Waals surface area contributed by atoms with Gasteiger partial charge in [-0.1, -0.05) is 37.1 Å². The van der Waals surface area contributed by atoms with Gasteiger partial charge in [0.15, 0.2) is 0 Å². The van der Waals surface area contributed by atoms with Gasteiger partial charge in [0, 0.05) is 12.0 Å². The Morgan fingerprint density at radius 1 is 1.24 bits per heavy atom. The van der Waals surface area contributed by atoms with Gasteiger partial charge in [0.1, 0.15) is 5.67 Å². The Bertz CT molecular complexity index is 386. The number of hydrogen-bond donors (Lipinski definition) is 1. The molecule has 0 aliphatic heterocycles. The van der Waals surface area contributed by atoms with Crippen molar-refractivity contribution in [1.29, 1.82) is 0 Å². The highest BCUT2D eigenvalue weighted by Gasteiger charge is 2.33. The van der Waals surface area contributed by atoms with E-state index in [-0.39, 0.29) is 5.54 Å². The van der Waals surface area contributed by atoms with E-state index in [2.05, 4.69) is 6.07 Å². The van der Waals surface area contributed by atoms with Crippen molar-refractivity contribution in [2.75, 3.05) is 0 Å². The Morgan fingerprint density at radius 2 is 1.82 bits per heavy atom. The first-order valence-corrected chi connectivity index (χ1v) is 6.47. The number of rotatable bonds is 3. The van der Waals surface area contributed by atoms with Crippen molar-refractivity contribution < 1.29 is 4.39 Å². The molecule has 1 aromatic rings. The molecule has 94 valence electrons. The van der Waals surface area contributed by atoms with Gasteiger partial charge in [0.2, 0.25) is 0 Å². The topological polar surface area (TPSA) is 26.0 Å². The smallest absolute Gasteiger partial charge is 0.109 e. The van der Waals surface area contributed by atoms with E-state index in [1.54, 1.807) is 13.8 Å². The van der Waals surface area contributed by atoms with Gasteiger partial charge < -0.3 is 5.73 Å². The SMILES string of the molecule is CC(C)(F)Cc1ccccc1C1(N)CCCC1. The molecule has 0 bridgehead atoms. The van der Waals surface area contributed by atoms with Crippen molar-refractivity contribution in [2.24, 2.45) is 5.73 Å². The van der Waals surface area contributed by atoms with Crippen molar-refractivity contribution in [2.45, 2.75) is 57.2 Å². The highest BCUT2D eigenvalue weighted by molar-refractivity contribution is 5.35. The van der Waals surface area contributed by atoms with E-state index in [1.165, 1.54) is 12.8 Å². The van der Waals surface area contributed by atoms with Crippen LogP contribution in [0.15, 0.2) is 24.3 Å². The molecule has 0 saturated heterocycles. The summed E-state index contributed by atoms with van der Waals surface area (Å²) in [5.41, 5.74) is 7.31. The van der Waals surface area contributed by atoms with Gasteiger partial charge in [0.25, 0.3) is 0 Å². The summed E-state index contributed by atoms with van der Waals surface area (Å²) in [7, 11) is 0. The first-order valence-electron chi connectivity index (χ1n) is 6.47. The minimum Gasteiger partial charge on any atom is -0.321 e. The Kier molecular flexibility index (Phi) is 3.26. The number of halogens is 1. The zero-order valence-electron chi connectivity index (χ0n) is 10.8. The van der Waals surface area contributed by atoms with Crippen molar-refractivity contribution in [3.05, 3.63) is 35.4 Å². The molecule has 0 heterocycles. The summed E-state index contributed by atoms with van der Waals surface area (Å²) in [5, 5.41) is 0. The lowest BCUT2D eigenvalue weighted by atomic mass is 9.83. The lowest BCUT2D eigenvalue weighted by Gasteiger charge is -2.28. The van der Waals surface area contributed by atoms with Crippen LogP contribution in [-0.2, 0) is 12.0 Å². The van der Waals surface area contributed by atoms with Gasteiger partial charge in [-0.25, -0.2) is 4.39 Å². The van der Waals surface area contributed by atoms with Crippen molar-refractivity contribution in [3.8, 4) is 0 Å². The molecule has 0 spiro atoms. The first kappa shape index (κ1) is 12.6. The third kappa shape index (κ3) is 2.86. The molecule has 2 heteroatoms. The number of nitrogens with two attached hydrogens (primary N) is 1. The van der Waals surface area contributed by atoms with Gasteiger partial charge in [-0.3, -0.25) is 0 Å². The molecular formula is C15H22FN. The predicted octanol–water partition coefficient (Wildman–Crippen LogP) is 3.71. The average molecular weight is 235 g/mol. The van der Waals surface area contributed by atoms with Crippen molar-refractivity contribution in [3.63, 3.8) is 0 Å². The Hall–Kier alpha value is -0.890. The standard InChI is InChI=1S/C15H22FN/c1-14(2,16)11-12-7-3-4-8-13(12)15(17)9-5-6-10-15/h3-4,7-8H,5-6,9-11,17H2,1-2H3. The number of alkyl halides is 1. The summed E-state index contributed by atoms with van der Waals surface area (Å²) in [6, 6.07) is 8.08. The molecule has 1 aliphatic carbocycles. The maximum absolute atomic E-state index is 13.8. The normalized spacial score (nSPS) is 19.5. The second kappa shape index (κ2) is 4.41. The molecule has 1 saturated carbocycles. The fourth-order valence-corrected chi connectivity index (χ4v) is 2.89. The van der Waals surface area contributed by atoms with Crippen LogP contribution in [-0.4, -0.2) is 5.67 Å². The summed E-state index contributed by atoms with van der Waals surface area (Å²) in [4.78, 5) is 0. The van der Waals surface area contributed by atoms with Crippen LogP contribution in [0, 0.1) is 0 Å². The summed E-state index contributed by atoms with van der Waals surface area (Å²) < 4.78 is 13.8. The quantitative estimate of drug-likeness (QED) is 0.849. The Morgan fingerprint density at radius 3 is 2.41 bits per heavy atom. The largest absolute Gasteiger partial charge is 0.321 e. The van der Waals surface area contributed by atoms with Gasteiger partial charge in [-0.2, -0.15) is 0 Å². The van der Waals surface area contributed by atoms with Crippen LogP contribution >= 0.6 is 0 Å². The molecule has 1 aliphatic rings. The molecule has 0 amide bonds. The van der Waals surface area contributed by atoms with E-state index in [1.807, 2.05) is 18.2 Å². The summed E-state index contributed by atoms with van der Waals surface area (Å²) in [6.07, 6.45) is 4.86. The predicted molar refractivity (Wildman–Crippen MR) is 69.7 cm³/mol. The third-order valence-corrected chi connectivity index (χ3v) is 3.66. The van der Waals surface area contributed by atoms with Crippen LogP contribution in [0.25, 0.3) is 0 Å². The zero-order chi connectivity index (χ0) is 12.5. The summed E-state index contributed by atoms with van der Waals surface area (Å²) in [5.74, 6) is 0. The molecule has 0 aromatic heterocycles. The van der Waals surface area contributed by atoms with E-state index in [0.717, 1.165) is 24.0 Å². The lowest BCUT2D eigenvalue weighted by Crippen LogP contribution is -2.35. The zero-order valence-corrected chi connectivity index (χ0v) is 10.8. The van der Waals surface area contributed by atoms with E-state index in [4.69, 9.17) is 5.73 Å². The van der Waals surface area contributed by atoms with Gasteiger partial charge >= 0.3 is 0 Å². The summed E-state index contributed by atoms with van der Waals surface area (Å²) >= 11 is 0. The van der Waals surface area contributed by atoms with Gasteiger partial charge in [-0.05, 0) is 37.8 Å². The monoisotopic (exact) mass is 235 g/mol. The van der Waals surface area contributed by atoms with Crippen LogP contribution in [0.5, 0.6) is 0 Å². The number of benzene rings is 1. The number of hydrogen-bond acceptors (Lipinski definition) is 1. The second-order valence-corrected chi connectivity index (χ2v) is 5.92. The van der Waals surface area contributed by atoms with Crippen LogP contribution in [0.1, 0.15) is 50.7 Å². The Balaban J connectivity index is 2.33. The fourth-order valence-electron chi connectivity index (χ4n) is 2.89. The van der Waals surface area contributed by atoms with E-state index < -0.39 is 5.67 Å². The van der Waals surface area contributed by atoms with Gasteiger partial charge in [-0.15, -0.1) is 0 Å². The van der Waals surface area contributed by atoms with Crippen molar-refractivity contribution in [1.82, 2.24) is 0 Å². The average Bonchev–Trinajstić information content (AvgIpc) is 2.64.